The molecule has 1 N–H and O–H groups in total. The molecular weight excluding hydrogens is 478 g/mol. The molecule has 200 valence electrons. The number of hydrogen-bond donors (Lipinski definition) is 1. The fourth-order valence-corrected chi connectivity index (χ4v) is 4.85. The third kappa shape index (κ3) is 6.56. The normalized spacial score (nSPS) is 11.9. The summed E-state index contributed by atoms with van der Waals surface area (Å²) in [5.41, 5.74) is 4.68. The Hall–Kier alpha value is -3.77. The molecule has 0 spiro atoms. The number of rotatable bonds is 13. The molecular formula is C32H37NO5. The molecule has 1 atom stereocenters. The molecule has 4 aromatic rings. The predicted octanol–water partition coefficient (Wildman–Crippen LogP) is 6.20. The minimum absolute atomic E-state index is 0.0750. The summed E-state index contributed by atoms with van der Waals surface area (Å²) in [7, 11) is 3.39. The summed E-state index contributed by atoms with van der Waals surface area (Å²) >= 11 is 0. The lowest BCUT2D eigenvalue weighted by atomic mass is 10.0. The zero-order valence-corrected chi connectivity index (χ0v) is 22.5. The lowest BCUT2D eigenvalue weighted by Crippen LogP contribution is -2.20. The third-order valence-electron chi connectivity index (χ3n) is 6.81. The van der Waals surface area contributed by atoms with Crippen molar-refractivity contribution in [3.63, 3.8) is 0 Å². The minimum Gasteiger partial charge on any atom is -0.496 e. The van der Waals surface area contributed by atoms with Crippen molar-refractivity contribution in [1.29, 1.82) is 0 Å². The van der Waals surface area contributed by atoms with Gasteiger partial charge in [-0.25, -0.2) is 4.79 Å². The molecule has 6 nitrogen and oxygen atoms in total. The van der Waals surface area contributed by atoms with Crippen LogP contribution in [-0.4, -0.2) is 42.6 Å². The first kappa shape index (κ1) is 27.3. The van der Waals surface area contributed by atoms with Crippen molar-refractivity contribution in [2.45, 2.75) is 51.7 Å². The smallest absolute Gasteiger partial charge is 0.338 e. The van der Waals surface area contributed by atoms with Crippen LogP contribution in [0.1, 0.15) is 53.2 Å². The number of methoxy groups -OCH3 is 2. The molecule has 0 bridgehead atoms. The van der Waals surface area contributed by atoms with E-state index in [0.717, 1.165) is 46.4 Å². The number of aliphatic hydroxyl groups is 1. The summed E-state index contributed by atoms with van der Waals surface area (Å²) in [5, 5.41) is 11.8. The van der Waals surface area contributed by atoms with Gasteiger partial charge in [-0.15, -0.1) is 0 Å². The van der Waals surface area contributed by atoms with Crippen LogP contribution in [-0.2, 0) is 24.1 Å². The molecule has 4 rings (SSSR count). The Balaban J connectivity index is 1.54. The summed E-state index contributed by atoms with van der Waals surface area (Å²) in [6.45, 7) is 2.69. The monoisotopic (exact) mass is 515 g/mol. The Bertz CT molecular complexity index is 1320. The highest BCUT2D eigenvalue weighted by molar-refractivity contribution is 5.89. The molecule has 1 heterocycles. The molecule has 1 aromatic heterocycles. The number of carbonyl (C=O) groups excluding carboxylic acids is 1. The lowest BCUT2D eigenvalue weighted by molar-refractivity contribution is 0.0259. The first-order chi connectivity index (χ1) is 18.5. The number of unbranched alkanes of at least 4 members (excludes halogenated alkanes) is 2. The molecule has 0 saturated carbocycles. The molecule has 0 aliphatic heterocycles. The second-order valence-corrected chi connectivity index (χ2v) is 9.56. The van der Waals surface area contributed by atoms with E-state index in [0.29, 0.717) is 18.5 Å². The average molecular weight is 516 g/mol. The maximum absolute atomic E-state index is 12.3. The Morgan fingerprint density at radius 1 is 0.947 bits per heavy atom. The number of ether oxygens (including phenoxy) is 3. The van der Waals surface area contributed by atoms with Crippen molar-refractivity contribution < 1.29 is 24.1 Å². The van der Waals surface area contributed by atoms with Gasteiger partial charge in [0.2, 0.25) is 0 Å². The van der Waals surface area contributed by atoms with Crippen LogP contribution in [0.2, 0.25) is 0 Å². The molecule has 0 aliphatic rings. The molecule has 1 unspecified atom stereocenters. The zero-order valence-electron chi connectivity index (χ0n) is 22.5. The number of carbonyl (C=O) groups is 1. The van der Waals surface area contributed by atoms with Gasteiger partial charge < -0.3 is 23.9 Å². The maximum Gasteiger partial charge on any atom is 0.338 e. The Labute approximate surface area is 224 Å². The van der Waals surface area contributed by atoms with Gasteiger partial charge in [0.25, 0.3) is 0 Å². The number of nitrogens with zero attached hydrogens (tertiary/aromatic N) is 1. The average Bonchev–Trinajstić information content (AvgIpc) is 3.29. The van der Waals surface area contributed by atoms with E-state index in [9.17, 15) is 9.90 Å². The van der Waals surface area contributed by atoms with E-state index >= 15 is 0 Å². The Kier molecular flexibility index (Phi) is 9.44. The third-order valence-corrected chi connectivity index (χ3v) is 6.81. The molecule has 3 aromatic carbocycles. The second kappa shape index (κ2) is 13.2. The highest BCUT2D eigenvalue weighted by Gasteiger charge is 2.18. The lowest BCUT2D eigenvalue weighted by Gasteiger charge is -2.17. The standard InChI is InChI=1S/C32H37NO5/c1-4-5-7-12-23-17-30(36-2)28(31(18-23)37-3)21-33-20-25(27-15-10-11-16-29(27)33)19-26(34)22-38-32(35)24-13-8-6-9-14-24/h6,8-11,13-18,20,26,34H,4-5,7,12,19,21-22H2,1-3H3. The van der Waals surface area contributed by atoms with Gasteiger partial charge >= 0.3 is 5.97 Å². The summed E-state index contributed by atoms with van der Waals surface area (Å²) < 4.78 is 19.1. The van der Waals surface area contributed by atoms with Crippen LogP contribution in [0.3, 0.4) is 0 Å². The number of esters is 1. The van der Waals surface area contributed by atoms with Crippen molar-refractivity contribution in [3.8, 4) is 11.5 Å². The number of aromatic nitrogens is 1. The van der Waals surface area contributed by atoms with Crippen molar-refractivity contribution in [3.05, 3.63) is 95.2 Å². The van der Waals surface area contributed by atoms with E-state index in [1.54, 1.807) is 38.5 Å². The molecule has 6 heteroatoms. The number of para-hydroxylation sites is 1. The Morgan fingerprint density at radius 2 is 1.63 bits per heavy atom. The Morgan fingerprint density at radius 3 is 2.32 bits per heavy atom. The zero-order chi connectivity index (χ0) is 26.9. The predicted molar refractivity (Wildman–Crippen MR) is 150 cm³/mol. The van der Waals surface area contributed by atoms with Crippen LogP contribution < -0.4 is 9.47 Å². The highest BCUT2D eigenvalue weighted by atomic mass is 16.5. The van der Waals surface area contributed by atoms with Crippen LogP contribution in [0.15, 0.2) is 72.9 Å². The van der Waals surface area contributed by atoms with Crippen LogP contribution in [0.4, 0.5) is 0 Å². The van der Waals surface area contributed by atoms with Crippen molar-refractivity contribution in [2.24, 2.45) is 0 Å². The van der Waals surface area contributed by atoms with Crippen molar-refractivity contribution in [2.75, 3.05) is 20.8 Å². The number of aryl methyl sites for hydroxylation is 1. The van der Waals surface area contributed by atoms with Gasteiger partial charge in [0.05, 0.1) is 38.0 Å². The quantitative estimate of drug-likeness (QED) is 0.170. The number of aliphatic hydroxyl groups excluding tert-OH is 1. The molecule has 0 aliphatic carbocycles. The number of fused-ring (bicyclic) bond motifs is 1. The van der Waals surface area contributed by atoms with Gasteiger partial charge in [-0.1, -0.05) is 56.2 Å². The van der Waals surface area contributed by atoms with Crippen molar-refractivity contribution >= 4 is 16.9 Å². The fraction of sp³-hybridized carbons (Fsp3) is 0.344. The fourth-order valence-electron chi connectivity index (χ4n) is 4.85. The van der Waals surface area contributed by atoms with Crippen LogP contribution in [0, 0.1) is 0 Å². The molecule has 0 radical (unpaired) electrons. The van der Waals surface area contributed by atoms with Gasteiger partial charge in [0.1, 0.15) is 18.1 Å². The van der Waals surface area contributed by atoms with E-state index < -0.39 is 12.1 Å². The summed E-state index contributed by atoms with van der Waals surface area (Å²) in [4.78, 5) is 12.3. The van der Waals surface area contributed by atoms with E-state index in [-0.39, 0.29) is 6.61 Å². The SMILES string of the molecule is CCCCCc1cc(OC)c(Cn2cc(CC(O)COC(=O)c3ccccc3)c3ccccc32)c(OC)c1. The van der Waals surface area contributed by atoms with E-state index in [1.165, 1.54) is 18.4 Å². The molecule has 0 fully saturated rings. The number of hydrogen-bond acceptors (Lipinski definition) is 5. The van der Waals surface area contributed by atoms with E-state index in [1.807, 2.05) is 18.2 Å². The van der Waals surface area contributed by atoms with E-state index in [2.05, 4.69) is 42.0 Å². The largest absolute Gasteiger partial charge is 0.496 e. The first-order valence-electron chi connectivity index (χ1n) is 13.2. The van der Waals surface area contributed by atoms with Crippen molar-refractivity contribution in [1.82, 2.24) is 4.57 Å². The first-order valence-corrected chi connectivity index (χ1v) is 13.2. The number of benzene rings is 3. The molecule has 0 amide bonds. The topological polar surface area (TPSA) is 69.9 Å². The molecule has 0 saturated heterocycles. The summed E-state index contributed by atoms with van der Waals surface area (Å²) in [6.07, 6.45) is 6.09. The van der Waals surface area contributed by atoms with Gasteiger partial charge in [0.15, 0.2) is 0 Å². The van der Waals surface area contributed by atoms with Gasteiger partial charge in [-0.2, -0.15) is 0 Å². The second-order valence-electron chi connectivity index (χ2n) is 9.56. The highest BCUT2D eigenvalue weighted by Crippen LogP contribution is 2.34. The van der Waals surface area contributed by atoms with Crippen LogP contribution in [0.25, 0.3) is 10.9 Å². The van der Waals surface area contributed by atoms with E-state index in [4.69, 9.17) is 14.2 Å². The maximum atomic E-state index is 12.3. The summed E-state index contributed by atoms with van der Waals surface area (Å²) in [5.74, 6) is 1.18. The minimum atomic E-state index is -0.826. The van der Waals surface area contributed by atoms with Crippen LogP contribution in [0.5, 0.6) is 11.5 Å². The van der Waals surface area contributed by atoms with Gasteiger partial charge in [-0.05, 0) is 54.3 Å². The van der Waals surface area contributed by atoms with Crippen LogP contribution >= 0.6 is 0 Å². The summed E-state index contributed by atoms with van der Waals surface area (Å²) in [6, 6.07) is 21.2. The van der Waals surface area contributed by atoms with Gasteiger partial charge in [-0.3, -0.25) is 0 Å². The van der Waals surface area contributed by atoms with Gasteiger partial charge in [0, 0.05) is 23.5 Å². The molecule has 38 heavy (non-hydrogen) atoms.